The van der Waals surface area contributed by atoms with E-state index in [0.717, 1.165) is 16.7 Å². The smallest absolute Gasteiger partial charge is 0.338 e. The van der Waals surface area contributed by atoms with Crippen molar-refractivity contribution < 1.29 is 23.7 Å². The zero-order chi connectivity index (χ0) is 32.9. The van der Waals surface area contributed by atoms with Gasteiger partial charge in [-0.25, -0.2) is 9.79 Å². The average molecular weight is 667 g/mol. The molecular weight excluding hydrogens is 636 g/mol. The number of esters is 1. The van der Waals surface area contributed by atoms with Gasteiger partial charge in [-0.15, -0.1) is 0 Å². The molecule has 0 saturated heterocycles. The Kier molecular flexibility index (Phi) is 9.56. The number of thiazole rings is 1. The molecule has 0 radical (unpaired) electrons. The zero-order valence-electron chi connectivity index (χ0n) is 25.9. The number of ether oxygens (including phenoxy) is 4. The van der Waals surface area contributed by atoms with Gasteiger partial charge in [-0.1, -0.05) is 89.7 Å². The van der Waals surface area contributed by atoms with Crippen LogP contribution in [0.1, 0.15) is 35.2 Å². The van der Waals surface area contributed by atoms with Crippen LogP contribution in [0.2, 0.25) is 5.02 Å². The van der Waals surface area contributed by atoms with E-state index >= 15 is 0 Å². The van der Waals surface area contributed by atoms with Gasteiger partial charge in [0.25, 0.3) is 5.56 Å². The molecule has 47 heavy (non-hydrogen) atoms. The Balaban J connectivity index is 1.51. The lowest BCUT2D eigenvalue weighted by Gasteiger charge is -2.26. The number of rotatable bonds is 10. The van der Waals surface area contributed by atoms with Gasteiger partial charge in [-0.2, -0.15) is 0 Å². The number of hydrogen-bond donors (Lipinski definition) is 0. The highest BCUT2D eigenvalue weighted by Crippen LogP contribution is 2.38. The van der Waals surface area contributed by atoms with Crippen molar-refractivity contribution >= 4 is 40.7 Å². The van der Waals surface area contributed by atoms with E-state index in [2.05, 4.69) is 0 Å². The molecule has 8 nitrogen and oxygen atoms in total. The highest BCUT2D eigenvalue weighted by molar-refractivity contribution is 7.07. The first-order valence-corrected chi connectivity index (χ1v) is 16.1. The summed E-state index contributed by atoms with van der Waals surface area (Å²) in [7, 11) is 3.09. The van der Waals surface area contributed by atoms with Gasteiger partial charge in [0.05, 0.1) is 42.7 Å². The number of halogens is 1. The van der Waals surface area contributed by atoms with Crippen molar-refractivity contribution in [2.45, 2.75) is 19.6 Å². The molecule has 1 aliphatic rings. The fourth-order valence-electron chi connectivity index (χ4n) is 5.40. The van der Waals surface area contributed by atoms with E-state index in [1.54, 1.807) is 36.8 Å². The van der Waals surface area contributed by atoms with Crippen molar-refractivity contribution in [3.05, 3.63) is 150 Å². The summed E-state index contributed by atoms with van der Waals surface area (Å²) < 4.78 is 24.6. The first-order chi connectivity index (χ1) is 22.9. The van der Waals surface area contributed by atoms with E-state index in [1.165, 1.54) is 18.4 Å². The zero-order valence-corrected chi connectivity index (χ0v) is 27.5. The lowest BCUT2D eigenvalue weighted by molar-refractivity contribution is -0.138. The van der Waals surface area contributed by atoms with Gasteiger partial charge in [-0.05, 0) is 54.5 Å². The second-order valence-electron chi connectivity index (χ2n) is 10.5. The van der Waals surface area contributed by atoms with Gasteiger partial charge in [0.15, 0.2) is 16.3 Å². The molecule has 0 aliphatic carbocycles. The second-order valence-corrected chi connectivity index (χ2v) is 11.9. The summed E-state index contributed by atoms with van der Waals surface area (Å²) in [6, 6.07) is 28.9. The predicted octanol–water partition coefficient (Wildman–Crippen LogP) is 6.19. The Bertz CT molecular complexity index is 2160. The van der Waals surface area contributed by atoms with E-state index in [-0.39, 0.29) is 17.7 Å². The highest BCUT2D eigenvalue weighted by atomic mass is 35.5. The van der Waals surface area contributed by atoms with Gasteiger partial charge in [0.2, 0.25) is 0 Å². The normalized spacial score (nSPS) is 14.3. The van der Waals surface area contributed by atoms with Crippen LogP contribution in [-0.2, 0) is 16.1 Å². The van der Waals surface area contributed by atoms with E-state index in [1.807, 2.05) is 84.9 Å². The van der Waals surface area contributed by atoms with Crippen molar-refractivity contribution in [3.8, 4) is 17.2 Å². The van der Waals surface area contributed by atoms with Crippen LogP contribution >= 0.6 is 22.9 Å². The molecule has 0 N–H and O–H groups in total. The fraction of sp³-hybridized carbons (Fsp3) is 0.162. The quantitative estimate of drug-likeness (QED) is 0.165. The van der Waals surface area contributed by atoms with Crippen LogP contribution in [0.4, 0.5) is 0 Å². The van der Waals surface area contributed by atoms with Crippen molar-refractivity contribution in [3.63, 3.8) is 0 Å². The molecule has 238 valence electrons. The highest BCUT2D eigenvalue weighted by Gasteiger charge is 2.35. The number of carbonyl (C=O) groups excluding carboxylic acids is 1. The Morgan fingerprint density at radius 1 is 0.936 bits per heavy atom. The molecule has 0 bridgehead atoms. The minimum absolute atomic E-state index is 0.155. The van der Waals surface area contributed by atoms with Crippen molar-refractivity contribution in [2.75, 3.05) is 20.8 Å². The van der Waals surface area contributed by atoms with Crippen molar-refractivity contribution in [1.82, 2.24) is 4.57 Å². The lowest BCUT2D eigenvalue weighted by atomic mass is 9.93. The van der Waals surface area contributed by atoms with Gasteiger partial charge < -0.3 is 18.9 Å². The van der Waals surface area contributed by atoms with Crippen LogP contribution < -0.4 is 29.1 Å². The first-order valence-electron chi connectivity index (χ1n) is 14.9. The maximum Gasteiger partial charge on any atom is 0.338 e. The summed E-state index contributed by atoms with van der Waals surface area (Å²) in [5.74, 6) is 1.05. The third-order valence-corrected chi connectivity index (χ3v) is 8.96. The molecular formula is C37H31ClN2O6S. The monoisotopic (exact) mass is 666 g/mol. The molecule has 0 unspecified atom stereocenters. The minimum atomic E-state index is -0.854. The maximum atomic E-state index is 14.3. The van der Waals surface area contributed by atoms with Crippen LogP contribution in [0.3, 0.4) is 0 Å². The molecule has 0 fully saturated rings. The summed E-state index contributed by atoms with van der Waals surface area (Å²) in [5, 5.41) is 0.630. The van der Waals surface area contributed by atoms with Crippen LogP contribution in [0.15, 0.2) is 112 Å². The van der Waals surface area contributed by atoms with Crippen molar-refractivity contribution in [2.24, 2.45) is 4.99 Å². The standard InChI is InChI=1S/C37H31ClN2O6S/c1-4-45-36(42)32-33(24-12-6-5-7-13-24)39-37-40(34(32)25-17-18-29(43-2)30(21-25)44-3)35(41)31(47-37)20-23-11-10-15-27(19-23)46-22-26-14-8-9-16-28(26)38/h5-21,34H,4,22H2,1-3H3/b31-20+/t34-/m1/s1. The van der Waals surface area contributed by atoms with Gasteiger partial charge in [0.1, 0.15) is 12.4 Å². The largest absolute Gasteiger partial charge is 0.493 e. The lowest BCUT2D eigenvalue weighted by Crippen LogP contribution is -2.40. The van der Waals surface area contributed by atoms with E-state index in [4.69, 9.17) is 35.5 Å². The molecule has 0 spiro atoms. The van der Waals surface area contributed by atoms with E-state index in [0.29, 0.717) is 49.5 Å². The minimum Gasteiger partial charge on any atom is -0.493 e. The van der Waals surface area contributed by atoms with Crippen LogP contribution in [0.25, 0.3) is 11.8 Å². The molecule has 2 heterocycles. The topological polar surface area (TPSA) is 88.4 Å². The van der Waals surface area contributed by atoms with E-state index < -0.39 is 12.0 Å². The summed E-state index contributed by atoms with van der Waals surface area (Å²) in [5.41, 5.74) is 3.38. The Labute approximate surface area is 280 Å². The molecule has 10 heteroatoms. The number of carbonyl (C=O) groups is 1. The van der Waals surface area contributed by atoms with Crippen LogP contribution in [0, 0.1) is 0 Å². The van der Waals surface area contributed by atoms with E-state index in [9.17, 15) is 9.59 Å². The SMILES string of the molecule is CCOC(=O)C1=C(c2ccccc2)N=c2s/c(=C/c3cccc(OCc4ccccc4Cl)c3)c(=O)n2[C@@H]1c1ccc(OC)c(OC)c1. The molecule has 0 saturated carbocycles. The Morgan fingerprint density at radius 3 is 2.45 bits per heavy atom. The maximum absolute atomic E-state index is 14.3. The summed E-state index contributed by atoms with van der Waals surface area (Å²) in [4.78, 5) is 33.4. The number of nitrogens with zero attached hydrogens (tertiary/aromatic N) is 2. The molecule has 6 rings (SSSR count). The first kappa shape index (κ1) is 31.8. The number of hydrogen-bond acceptors (Lipinski definition) is 8. The average Bonchev–Trinajstić information content (AvgIpc) is 3.41. The molecule has 0 amide bonds. The Morgan fingerprint density at radius 2 is 1.70 bits per heavy atom. The number of benzene rings is 4. The number of fused-ring (bicyclic) bond motifs is 1. The molecule has 5 aromatic rings. The van der Waals surface area contributed by atoms with Gasteiger partial charge >= 0.3 is 5.97 Å². The van der Waals surface area contributed by atoms with Gasteiger partial charge in [0, 0.05) is 16.1 Å². The fourth-order valence-corrected chi connectivity index (χ4v) is 6.59. The predicted molar refractivity (Wildman–Crippen MR) is 183 cm³/mol. The summed E-state index contributed by atoms with van der Waals surface area (Å²) in [6.07, 6.45) is 1.80. The molecule has 1 aromatic heterocycles. The summed E-state index contributed by atoms with van der Waals surface area (Å²) in [6.45, 7) is 2.20. The number of aromatic nitrogens is 1. The number of methoxy groups -OCH3 is 2. The van der Waals surface area contributed by atoms with Gasteiger partial charge in [-0.3, -0.25) is 9.36 Å². The third kappa shape index (κ3) is 6.58. The Hall–Kier alpha value is -5.12. The van der Waals surface area contributed by atoms with Crippen molar-refractivity contribution in [1.29, 1.82) is 0 Å². The van der Waals surface area contributed by atoms with Crippen LogP contribution in [0.5, 0.6) is 17.2 Å². The second kappa shape index (κ2) is 14.1. The molecule has 1 atom stereocenters. The third-order valence-electron chi connectivity index (χ3n) is 7.61. The summed E-state index contributed by atoms with van der Waals surface area (Å²) >= 11 is 7.55. The molecule has 1 aliphatic heterocycles. The molecule has 4 aromatic carbocycles. The van der Waals surface area contributed by atoms with Crippen LogP contribution in [-0.4, -0.2) is 31.4 Å².